The Morgan fingerprint density at radius 1 is 1.17 bits per heavy atom. The fourth-order valence-electron chi connectivity index (χ4n) is 4.28. The molecule has 0 N–H and O–H groups in total. The summed E-state index contributed by atoms with van der Waals surface area (Å²) in [6, 6.07) is 8.73. The standard InChI is InChI=1S/C18H22INO4/c1-23-16(21)10-20-13-7-8-15(20)17(18(22)24-2)14(9-13)11-3-5-12(19)6-4-11/h3-6,13-15,17H,7-10H2,1-2H3. The Morgan fingerprint density at radius 2 is 1.88 bits per heavy atom. The van der Waals surface area contributed by atoms with E-state index in [2.05, 4.69) is 51.8 Å². The molecule has 1 aromatic carbocycles. The molecule has 4 unspecified atom stereocenters. The van der Waals surface area contributed by atoms with Gasteiger partial charge in [-0.15, -0.1) is 0 Å². The molecule has 0 saturated carbocycles. The fraction of sp³-hybridized carbons (Fsp3) is 0.556. The Bertz CT molecular complexity index is 618. The highest BCUT2D eigenvalue weighted by molar-refractivity contribution is 14.1. The summed E-state index contributed by atoms with van der Waals surface area (Å²) in [4.78, 5) is 26.4. The van der Waals surface area contributed by atoms with Gasteiger partial charge in [0.15, 0.2) is 0 Å². The molecule has 0 aliphatic carbocycles. The lowest BCUT2D eigenvalue weighted by atomic mass is 9.76. The molecule has 1 aromatic rings. The number of halogens is 1. The van der Waals surface area contributed by atoms with Gasteiger partial charge in [-0.1, -0.05) is 12.1 Å². The summed E-state index contributed by atoms with van der Waals surface area (Å²) in [5, 5.41) is 0. The molecule has 4 atom stereocenters. The molecular formula is C18H22INO4. The highest BCUT2D eigenvalue weighted by Crippen LogP contribution is 2.47. The van der Waals surface area contributed by atoms with Crippen LogP contribution in [0.1, 0.15) is 30.7 Å². The molecule has 2 aliphatic heterocycles. The van der Waals surface area contributed by atoms with E-state index in [1.807, 2.05) is 0 Å². The van der Waals surface area contributed by atoms with Crippen molar-refractivity contribution in [2.75, 3.05) is 20.8 Å². The molecule has 3 rings (SSSR count). The Hall–Kier alpha value is -1.15. The lowest BCUT2D eigenvalue weighted by Crippen LogP contribution is -2.52. The number of hydrogen-bond acceptors (Lipinski definition) is 5. The van der Waals surface area contributed by atoms with Crippen molar-refractivity contribution in [1.29, 1.82) is 0 Å². The molecule has 6 heteroatoms. The number of benzene rings is 1. The third-order valence-electron chi connectivity index (χ3n) is 5.38. The number of ether oxygens (including phenoxy) is 2. The van der Waals surface area contributed by atoms with Gasteiger partial charge in [0, 0.05) is 21.6 Å². The van der Waals surface area contributed by atoms with E-state index in [4.69, 9.17) is 9.47 Å². The zero-order valence-corrected chi connectivity index (χ0v) is 16.1. The molecule has 0 spiro atoms. The first-order chi connectivity index (χ1) is 11.5. The van der Waals surface area contributed by atoms with Gasteiger partial charge in [0.1, 0.15) is 0 Å². The van der Waals surface area contributed by atoms with Crippen molar-refractivity contribution in [2.24, 2.45) is 5.92 Å². The lowest BCUT2D eigenvalue weighted by Gasteiger charge is -2.43. The van der Waals surface area contributed by atoms with Crippen LogP contribution in [0.15, 0.2) is 24.3 Å². The van der Waals surface area contributed by atoms with Crippen molar-refractivity contribution in [3.8, 4) is 0 Å². The molecule has 0 amide bonds. The van der Waals surface area contributed by atoms with E-state index in [-0.39, 0.29) is 36.4 Å². The maximum absolute atomic E-state index is 12.5. The SMILES string of the molecule is COC(=O)CN1C2CCC1C(C(=O)OC)C(c1ccc(I)cc1)C2. The predicted molar refractivity (Wildman–Crippen MR) is 97.6 cm³/mol. The molecule has 5 nitrogen and oxygen atoms in total. The molecule has 130 valence electrons. The number of hydrogen-bond donors (Lipinski definition) is 0. The van der Waals surface area contributed by atoms with Gasteiger partial charge in [0.05, 0.1) is 26.7 Å². The van der Waals surface area contributed by atoms with Crippen LogP contribution >= 0.6 is 22.6 Å². The second-order valence-electron chi connectivity index (χ2n) is 6.49. The van der Waals surface area contributed by atoms with Crippen molar-refractivity contribution >= 4 is 34.5 Å². The smallest absolute Gasteiger partial charge is 0.319 e. The van der Waals surface area contributed by atoms with E-state index < -0.39 is 0 Å². The number of nitrogens with zero attached hydrogens (tertiary/aromatic N) is 1. The molecule has 2 fully saturated rings. The van der Waals surface area contributed by atoms with E-state index >= 15 is 0 Å². The number of esters is 2. The number of carbonyl (C=O) groups excluding carboxylic acids is 2. The average Bonchev–Trinajstić information content (AvgIpc) is 2.86. The van der Waals surface area contributed by atoms with Crippen LogP contribution in [-0.2, 0) is 19.1 Å². The van der Waals surface area contributed by atoms with E-state index in [1.54, 1.807) is 0 Å². The minimum atomic E-state index is -0.247. The van der Waals surface area contributed by atoms with E-state index in [0.717, 1.165) is 19.3 Å². The number of carbonyl (C=O) groups is 2. The second kappa shape index (κ2) is 7.39. The molecule has 2 saturated heterocycles. The zero-order chi connectivity index (χ0) is 17.3. The monoisotopic (exact) mass is 443 g/mol. The molecule has 0 radical (unpaired) electrons. The number of methoxy groups -OCH3 is 2. The van der Waals surface area contributed by atoms with Crippen molar-refractivity contribution in [3.05, 3.63) is 33.4 Å². The topological polar surface area (TPSA) is 55.8 Å². The third kappa shape index (κ3) is 3.31. The maximum atomic E-state index is 12.5. The highest BCUT2D eigenvalue weighted by Gasteiger charge is 2.51. The summed E-state index contributed by atoms with van der Waals surface area (Å²) < 4.78 is 11.1. The van der Waals surface area contributed by atoms with Crippen molar-refractivity contribution in [1.82, 2.24) is 4.90 Å². The highest BCUT2D eigenvalue weighted by atomic mass is 127. The van der Waals surface area contributed by atoms with Crippen LogP contribution in [0.4, 0.5) is 0 Å². The van der Waals surface area contributed by atoms with E-state index in [9.17, 15) is 9.59 Å². The minimum absolute atomic E-state index is 0.0413. The van der Waals surface area contributed by atoms with Gasteiger partial charge in [-0.05, 0) is 59.5 Å². The molecular weight excluding hydrogens is 421 g/mol. The normalized spacial score (nSPS) is 29.3. The third-order valence-corrected chi connectivity index (χ3v) is 6.09. The second-order valence-corrected chi connectivity index (χ2v) is 7.74. The average molecular weight is 443 g/mol. The number of piperidine rings is 1. The van der Waals surface area contributed by atoms with Crippen LogP contribution in [0, 0.1) is 9.49 Å². The van der Waals surface area contributed by atoms with E-state index in [0.29, 0.717) is 6.04 Å². The maximum Gasteiger partial charge on any atom is 0.319 e. The minimum Gasteiger partial charge on any atom is -0.469 e. The number of rotatable bonds is 4. The first-order valence-corrected chi connectivity index (χ1v) is 9.29. The van der Waals surface area contributed by atoms with Gasteiger partial charge in [0.25, 0.3) is 0 Å². The van der Waals surface area contributed by atoms with Crippen LogP contribution in [0.5, 0.6) is 0 Å². The van der Waals surface area contributed by atoms with Crippen molar-refractivity contribution in [3.63, 3.8) is 0 Å². The lowest BCUT2D eigenvalue weighted by molar-refractivity contribution is -0.154. The van der Waals surface area contributed by atoms with Crippen LogP contribution in [0.2, 0.25) is 0 Å². The van der Waals surface area contributed by atoms with Crippen LogP contribution in [-0.4, -0.2) is 49.7 Å². The van der Waals surface area contributed by atoms with Gasteiger partial charge < -0.3 is 9.47 Å². The summed E-state index contributed by atoms with van der Waals surface area (Å²) in [7, 11) is 2.85. The molecule has 2 heterocycles. The van der Waals surface area contributed by atoms with Gasteiger partial charge >= 0.3 is 11.9 Å². The van der Waals surface area contributed by atoms with Crippen LogP contribution < -0.4 is 0 Å². The van der Waals surface area contributed by atoms with Crippen molar-refractivity contribution in [2.45, 2.75) is 37.3 Å². The summed E-state index contributed by atoms with van der Waals surface area (Å²) in [6.07, 6.45) is 2.80. The van der Waals surface area contributed by atoms with Crippen molar-refractivity contribution < 1.29 is 19.1 Å². The largest absolute Gasteiger partial charge is 0.469 e. The predicted octanol–water partition coefficient (Wildman–Crippen LogP) is 2.57. The van der Waals surface area contributed by atoms with E-state index in [1.165, 1.54) is 23.4 Å². The number of fused-ring (bicyclic) bond motifs is 2. The molecule has 2 aliphatic rings. The summed E-state index contributed by atoms with van der Waals surface area (Å²) in [5.74, 6) is -0.527. The Balaban J connectivity index is 1.90. The molecule has 2 bridgehead atoms. The summed E-state index contributed by atoms with van der Waals surface area (Å²) >= 11 is 2.28. The Kier molecular flexibility index (Phi) is 5.44. The fourth-order valence-corrected chi connectivity index (χ4v) is 4.64. The first kappa shape index (κ1) is 17.7. The Morgan fingerprint density at radius 3 is 2.50 bits per heavy atom. The van der Waals surface area contributed by atoms with Crippen LogP contribution in [0.3, 0.4) is 0 Å². The summed E-state index contributed by atoms with van der Waals surface area (Å²) in [5.41, 5.74) is 1.18. The van der Waals surface area contributed by atoms with Gasteiger partial charge in [-0.2, -0.15) is 0 Å². The molecule has 0 aromatic heterocycles. The van der Waals surface area contributed by atoms with Gasteiger partial charge in [0.2, 0.25) is 0 Å². The quantitative estimate of drug-likeness (QED) is 0.529. The first-order valence-electron chi connectivity index (χ1n) is 8.21. The molecule has 24 heavy (non-hydrogen) atoms. The van der Waals surface area contributed by atoms with Gasteiger partial charge in [-0.25, -0.2) is 0 Å². The zero-order valence-electron chi connectivity index (χ0n) is 13.9. The van der Waals surface area contributed by atoms with Crippen LogP contribution in [0.25, 0.3) is 0 Å². The van der Waals surface area contributed by atoms with Gasteiger partial charge in [-0.3, -0.25) is 14.5 Å². The Labute approximate surface area is 155 Å². The summed E-state index contributed by atoms with van der Waals surface area (Å²) in [6.45, 7) is 0.249.